The Bertz CT molecular complexity index is 1170. The molecule has 4 aromatic rings. The van der Waals surface area contributed by atoms with Gasteiger partial charge >= 0.3 is 0 Å². The standard InChI is InChI=1S/C19H13F2N5OS/c1-11-23-24-25-26(11)12-6-7-15(21)16(10-12)22-19(27)18-9-8-17(28-18)13-4-2-3-5-14(13)20/h2-10H,1H3,(H,22,27). The number of anilines is 1. The van der Waals surface area contributed by atoms with Crippen molar-refractivity contribution in [3.8, 4) is 16.1 Å². The van der Waals surface area contributed by atoms with Crippen LogP contribution >= 0.6 is 11.3 Å². The number of amides is 1. The first-order valence-electron chi connectivity index (χ1n) is 8.24. The molecule has 0 fully saturated rings. The summed E-state index contributed by atoms with van der Waals surface area (Å²) in [7, 11) is 0. The van der Waals surface area contributed by atoms with Crippen LogP contribution in [-0.4, -0.2) is 26.1 Å². The van der Waals surface area contributed by atoms with Crippen LogP contribution in [-0.2, 0) is 0 Å². The molecule has 2 aromatic heterocycles. The van der Waals surface area contributed by atoms with Gasteiger partial charge in [0.05, 0.1) is 16.3 Å². The van der Waals surface area contributed by atoms with E-state index in [9.17, 15) is 13.6 Å². The molecule has 0 atom stereocenters. The van der Waals surface area contributed by atoms with Crippen LogP contribution in [0, 0.1) is 18.6 Å². The van der Waals surface area contributed by atoms with Gasteiger partial charge in [0.15, 0.2) is 5.82 Å². The lowest BCUT2D eigenvalue weighted by Crippen LogP contribution is -2.12. The van der Waals surface area contributed by atoms with Gasteiger partial charge in [0.1, 0.15) is 11.6 Å². The molecule has 28 heavy (non-hydrogen) atoms. The SMILES string of the molecule is Cc1nnnn1-c1ccc(F)c(NC(=O)c2ccc(-c3ccccc3F)s2)c1. The molecule has 0 unspecified atom stereocenters. The number of hydrogen-bond donors (Lipinski definition) is 1. The first kappa shape index (κ1) is 17.9. The summed E-state index contributed by atoms with van der Waals surface area (Å²) in [5.74, 6) is -0.922. The van der Waals surface area contributed by atoms with E-state index in [4.69, 9.17) is 0 Å². The molecule has 0 bridgehead atoms. The second kappa shape index (κ2) is 7.28. The first-order valence-corrected chi connectivity index (χ1v) is 9.05. The predicted octanol–water partition coefficient (Wildman–Crippen LogP) is 4.23. The minimum atomic E-state index is -0.589. The van der Waals surface area contributed by atoms with Gasteiger partial charge in [-0.25, -0.2) is 8.78 Å². The summed E-state index contributed by atoms with van der Waals surface area (Å²) in [6, 6.07) is 13.7. The molecule has 1 N–H and O–H groups in total. The molecule has 140 valence electrons. The lowest BCUT2D eigenvalue weighted by Gasteiger charge is -2.08. The number of aromatic nitrogens is 4. The van der Waals surface area contributed by atoms with Gasteiger partial charge in [-0.05, 0) is 53.7 Å². The molecule has 1 amide bonds. The Morgan fingerprint density at radius 2 is 1.89 bits per heavy atom. The summed E-state index contributed by atoms with van der Waals surface area (Å²) in [5.41, 5.74) is 0.921. The van der Waals surface area contributed by atoms with E-state index in [-0.39, 0.29) is 11.5 Å². The van der Waals surface area contributed by atoms with E-state index in [0.29, 0.717) is 26.8 Å². The van der Waals surface area contributed by atoms with Gasteiger partial charge in [0.25, 0.3) is 5.91 Å². The third-order valence-corrected chi connectivity index (χ3v) is 5.15. The molecular formula is C19H13F2N5OS. The molecule has 0 spiro atoms. The Labute approximate surface area is 162 Å². The van der Waals surface area contributed by atoms with Crippen LogP contribution < -0.4 is 5.32 Å². The molecule has 0 saturated heterocycles. The molecular weight excluding hydrogens is 384 g/mol. The van der Waals surface area contributed by atoms with Crippen LogP contribution in [0.25, 0.3) is 16.1 Å². The van der Waals surface area contributed by atoms with Crippen molar-refractivity contribution in [1.29, 1.82) is 0 Å². The van der Waals surface area contributed by atoms with Gasteiger partial charge in [0.2, 0.25) is 0 Å². The number of thiophene rings is 1. The van der Waals surface area contributed by atoms with Gasteiger partial charge in [-0.3, -0.25) is 4.79 Å². The minimum absolute atomic E-state index is 0.00163. The highest BCUT2D eigenvalue weighted by Crippen LogP contribution is 2.30. The minimum Gasteiger partial charge on any atom is -0.319 e. The fraction of sp³-hybridized carbons (Fsp3) is 0.0526. The molecule has 2 aromatic carbocycles. The van der Waals surface area contributed by atoms with E-state index in [1.54, 1.807) is 37.3 Å². The van der Waals surface area contributed by atoms with Gasteiger partial charge in [-0.1, -0.05) is 18.2 Å². The topological polar surface area (TPSA) is 72.7 Å². The zero-order valence-corrected chi connectivity index (χ0v) is 15.4. The van der Waals surface area contributed by atoms with Crippen molar-refractivity contribution in [1.82, 2.24) is 20.2 Å². The van der Waals surface area contributed by atoms with Crippen LogP contribution in [0.15, 0.2) is 54.6 Å². The van der Waals surface area contributed by atoms with Gasteiger partial charge < -0.3 is 5.32 Å². The average Bonchev–Trinajstić information content (AvgIpc) is 3.33. The van der Waals surface area contributed by atoms with E-state index in [1.807, 2.05) is 0 Å². The van der Waals surface area contributed by atoms with E-state index >= 15 is 0 Å². The zero-order valence-electron chi connectivity index (χ0n) is 14.6. The molecule has 0 aliphatic heterocycles. The maximum absolute atomic E-state index is 14.2. The van der Waals surface area contributed by atoms with Crippen LogP contribution in [0.3, 0.4) is 0 Å². The normalized spacial score (nSPS) is 10.8. The Morgan fingerprint density at radius 1 is 1.07 bits per heavy atom. The van der Waals surface area contributed by atoms with Crippen LogP contribution in [0.2, 0.25) is 0 Å². The molecule has 0 aliphatic carbocycles. The summed E-state index contributed by atoms with van der Waals surface area (Å²) in [4.78, 5) is 13.5. The Balaban J connectivity index is 1.59. The number of tetrazole rings is 1. The molecule has 4 rings (SSSR count). The fourth-order valence-electron chi connectivity index (χ4n) is 2.66. The molecule has 9 heteroatoms. The number of hydrogen-bond acceptors (Lipinski definition) is 5. The number of carbonyl (C=O) groups is 1. The third kappa shape index (κ3) is 3.39. The predicted molar refractivity (Wildman–Crippen MR) is 102 cm³/mol. The molecule has 6 nitrogen and oxygen atoms in total. The van der Waals surface area contributed by atoms with Crippen LogP contribution in [0.4, 0.5) is 14.5 Å². The number of aryl methyl sites for hydroxylation is 1. The quantitative estimate of drug-likeness (QED) is 0.559. The monoisotopic (exact) mass is 397 g/mol. The third-order valence-electron chi connectivity index (χ3n) is 4.04. The lowest BCUT2D eigenvalue weighted by molar-refractivity contribution is 0.103. The number of benzene rings is 2. The van der Waals surface area contributed by atoms with E-state index < -0.39 is 11.7 Å². The number of halogens is 2. The second-order valence-corrected chi connectivity index (χ2v) is 6.98. The van der Waals surface area contributed by atoms with Crippen LogP contribution in [0.1, 0.15) is 15.5 Å². The maximum Gasteiger partial charge on any atom is 0.265 e. The summed E-state index contributed by atoms with van der Waals surface area (Å²) in [6.45, 7) is 1.71. The van der Waals surface area contributed by atoms with E-state index in [0.717, 1.165) is 11.3 Å². The summed E-state index contributed by atoms with van der Waals surface area (Å²) in [6.07, 6.45) is 0. The lowest BCUT2D eigenvalue weighted by atomic mass is 10.2. The Kier molecular flexibility index (Phi) is 4.66. The van der Waals surface area contributed by atoms with Gasteiger partial charge in [-0.15, -0.1) is 16.4 Å². The van der Waals surface area contributed by atoms with Crippen molar-refractivity contribution in [2.45, 2.75) is 6.92 Å². The number of carbonyl (C=O) groups excluding carboxylic acids is 1. The highest BCUT2D eigenvalue weighted by molar-refractivity contribution is 7.17. The maximum atomic E-state index is 14.2. The van der Waals surface area contributed by atoms with Crippen molar-refractivity contribution in [3.05, 3.63) is 76.9 Å². The smallest absolute Gasteiger partial charge is 0.265 e. The Morgan fingerprint density at radius 3 is 2.64 bits per heavy atom. The summed E-state index contributed by atoms with van der Waals surface area (Å²) in [5, 5.41) is 13.7. The van der Waals surface area contributed by atoms with Crippen molar-refractivity contribution in [2.75, 3.05) is 5.32 Å². The first-order chi connectivity index (χ1) is 13.5. The molecule has 0 aliphatic rings. The zero-order chi connectivity index (χ0) is 19.7. The fourth-order valence-corrected chi connectivity index (χ4v) is 3.59. The van der Waals surface area contributed by atoms with Crippen molar-refractivity contribution >= 4 is 22.9 Å². The largest absolute Gasteiger partial charge is 0.319 e. The van der Waals surface area contributed by atoms with E-state index in [2.05, 4.69) is 20.8 Å². The van der Waals surface area contributed by atoms with Crippen molar-refractivity contribution in [2.24, 2.45) is 0 Å². The summed E-state index contributed by atoms with van der Waals surface area (Å²) >= 11 is 1.13. The number of rotatable bonds is 4. The van der Waals surface area contributed by atoms with Gasteiger partial charge in [-0.2, -0.15) is 4.68 Å². The molecule has 2 heterocycles. The molecule has 0 saturated carbocycles. The van der Waals surface area contributed by atoms with Crippen molar-refractivity contribution < 1.29 is 13.6 Å². The highest BCUT2D eigenvalue weighted by Gasteiger charge is 2.15. The summed E-state index contributed by atoms with van der Waals surface area (Å²) < 4.78 is 29.6. The Hall–Kier alpha value is -3.46. The highest BCUT2D eigenvalue weighted by atomic mass is 32.1. The number of nitrogens with zero attached hydrogens (tertiary/aromatic N) is 4. The van der Waals surface area contributed by atoms with Crippen molar-refractivity contribution in [3.63, 3.8) is 0 Å². The van der Waals surface area contributed by atoms with Gasteiger partial charge in [0, 0.05) is 10.4 Å². The van der Waals surface area contributed by atoms with E-state index in [1.165, 1.54) is 28.9 Å². The number of nitrogens with one attached hydrogen (secondary N) is 1. The van der Waals surface area contributed by atoms with Crippen LogP contribution in [0.5, 0.6) is 0 Å². The average molecular weight is 397 g/mol. The molecule has 0 radical (unpaired) electrons. The second-order valence-electron chi connectivity index (χ2n) is 5.90.